The van der Waals surface area contributed by atoms with Gasteiger partial charge in [-0.1, -0.05) is 38.3 Å². The third-order valence-corrected chi connectivity index (χ3v) is 4.44. The second kappa shape index (κ2) is 11.3. The number of halogens is 1. The van der Waals surface area contributed by atoms with E-state index < -0.39 is 0 Å². The Balaban J connectivity index is 1.98. The highest BCUT2D eigenvalue weighted by molar-refractivity contribution is 6.34. The Kier molecular flexibility index (Phi) is 8.82. The van der Waals surface area contributed by atoms with E-state index in [0.717, 1.165) is 31.4 Å². The summed E-state index contributed by atoms with van der Waals surface area (Å²) in [6.07, 6.45) is 4.51. The van der Waals surface area contributed by atoms with Crippen LogP contribution in [-0.2, 0) is 4.79 Å². The lowest BCUT2D eigenvalue weighted by molar-refractivity contribution is -0.116. The van der Waals surface area contributed by atoms with Crippen LogP contribution in [0.1, 0.15) is 56.3 Å². The number of nitrogens with one attached hydrogen (secondary N) is 2. The van der Waals surface area contributed by atoms with Crippen molar-refractivity contribution in [2.45, 2.75) is 46.0 Å². The van der Waals surface area contributed by atoms with Crippen molar-refractivity contribution in [3.63, 3.8) is 0 Å². The average Bonchev–Trinajstić information content (AvgIpc) is 2.68. The zero-order chi connectivity index (χ0) is 20.4. The molecule has 0 heterocycles. The maximum Gasteiger partial charge on any atom is 0.255 e. The fourth-order valence-electron chi connectivity index (χ4n) is 2.59. The van der Waals surface area contributed by atoms with E-state index in [9.17, 15) is 9.59 Å². The summed E-state index contributed by atoms with van der Waals surface area (Å²) in [6.45, 7) is 4.76. The molecule has 0 atom stereocenters. The topological polar surface area (TPSA) is 67.4 Å². The van der Waals surface area contributed by atoms with Gasteiger partial charge in [0, 0.05) is 17.7 Å². The number of benzene rings is 2. The minimum atomic E-state index is -0.281. The zero-order valence-corrected chi connectivity index (χ0v) is 17.1. The second-order valence-corrected chi connectivity index (χ2v) is 6.93. The lowest BCUT2D eigenvalue weighted by Crippen LogP contribution is -2.14. The lowest BCUT2D eigenvalue weighted by atomic mass is 10.2. The van der Waals surface area contributed by atoms with Crippen LogP contribution in [0.5, 0.6) is 5.75 Å². The highest BCUT2D eigenvalue weighted by Gasteiger charge is 2.11. The van der Waals surface area contributed by atoms with Gasteiger partial charge in [-0.2, -0.15) is 0 Å². The van der Waals surface area contributed by atoms with Gasteiger partial charge in [-0.25, -0.2) is 0 Å². The maximum atomic E-state index is 12.5. The summed E-state index contributed by atoms with van der Waals surface area (Å²) in [4.78, 5) is 24.3. The van der Waals surface area contributed by atoms with Crippen molar-refractivity contribution < 1.29 is 14.3 Å². The van der Waals surface area contributed by atoms with E-state index in [2.05, 4.69) is 17.6 Å². The minimum absolute atomic E-state index is 0.0726. The Morgan fingerprint density at radius 3 is 2.39 bits per heavy atom. The van der Waals surface area contributed by atoms with Crippen LogP contribution < -0.4 is 15.4 Å². The summed E-state index contributed by atoms with van der Waals surface area (Å²) in [5.41, 5.74) is 1.53. The predicted octanol–water partition coefficient (Wildman–Crippen LogP) is 5.90. The molecule has 2 rings (SSSR count). The monoisotopic (exact) mass is 402 g/mol. The standard InChI is InChI=1S/C22H27ClN2O3/c1-3-5-6-14-28-18-11-8-16(9-12-18)22(27)25-20-15-17(10-13-19(20)23)24-21(26)7-4-2/h8-13,15H,3-7,14H2,1-2H3,(H,24,26)(H,25,27). The SMILES string of the molecule is CCCCCOc1ccc(C(=O)Nc2cc(NC(=O)CCC)ccc2Cl)cc1. The van der Waals surface area contributed by atoms with E-state index in [1.165, 1.54) is 0 Å². The molecule has 0 aliphatic heterocycles. The number of amides is 2. The number of anilines is 2. The highest BCUT2D eigenvalue weighted by atomic mass is 35.5. The maximum absolute atomic E-state index is 12.5. The molecule has 6 heteroatoms. The molecule has 0 spiro atoms. The molecule has 2 aromatic rings. The molecule has 0 aliphatic rings. The van der Waals surface area contributed by atoms with Crippen molar-refractivity contribution in [3.05, 3.63) is 53.1 Å². The van der Waals surface area contributed by atoms with Gasteiger partial charge in [0.2, 0.25) is 5.91 Å². The van der Waals surface area contributed by atoms with Gasteiger partial charge >= 0.3 is 0 Å². The fraction of sp³-hybridized carbons (Fsp3) is 0.364. The summed E-state index contributed by atoms with van der Waals surface area (Å²) in [6, 6.07) is 12.0. The van der Waals surface area contributed by atoms with Crippen LogP contribution >= 0.6 is 11.6 Å². The van der Waals surface area contributed by atoms with Crippen molar-refractivity contribution in [2.24, 2.45) is 0 Å². The molecule has 0 aromatic heterocycles. The molecule has 5 nitrogen and oxygen atoms in total. The normalized spacial score (nSPS) is 10.4. The van der Waals surface area contributed by atoms with Crippen molar-refractivity contribution >= 4 is 34.8 Å². The Morgan fingerprint density at radius 2 is 1.71 bits per heavy atom. The average molecular weight is 403 g/mol. The summed E-state index contributed by atoms with van der Waals surface area (Å²) in [7, 11) is 0. The number of carbonyl (C=O) groups excluding carboxylic acids is 2. The van der Waals surface area contributed by atoms with Gasteiger partial charge in [-0.05, 0) is 55.3 Å². The molecular formula is C22H27ClN2O3. The molecule has 0 bridgehead atoms. The van der Waals surface area contributed by atoms with Crippen molar-refractivity contribution in [1.82, 2.24) is 0 Å². The number of hydrogen-bond acceptors (Lipinski definition) is 3. The molecular weight excluding hydrogens is 376 g/mol. The first-order chi connectivity index (χ1) is 13.5. The van der Waals surface area contributed by atoms with Gasteiger partial charge in [0.1, 0.15) is 5.75 Å². The van der Waals surface area contributed by atoms with Crippen LogP contribution in [0.15, 0.2) is 42.5 Å². The van der Waals surface area contributed by atoms with Gasteiger partial charge in [0.15, 0.2) is 0 Å². The third kappa shape index (κ3) is 6.89. The van der Waals surface area contributed by atoms with E-state index in [-0.39, 0.29) is 11.8 Å². The fourth-order valence-corrected chi connectivity index (χ4v) is 2.75. The van der Waals surface area contributed by atoms with E-state index >= 15 is 0 Å². The third-order valence-electron chi connectivity index (χ3n) is 4.11. The molecule has 2 amide bonds. The molecule has 150 valence electrons. The minimum Gasteiger partial charge on any atom is -0.494 e. The van der Waals surface area contributed by atoms with E-state index in [1.807, 2.05) is 6.92 Å². The van der Waals surface area contributed by atoms with Crippen molar-refractivity contribution in [2.75, 3.05) is 17.2 Å². The largest absolute Gasteiger partial charge is 0.494 e. The molecule has 0 unspecified atom stereocenters. The summed E-state index contributed by atoms with van der Waals surface area (Å²) < 4.78 is 5.66. The molecule has 2 N–H and O–H groups in total. The van der Waals surface area contributed by atoms with Crippen molar-refractivity contribution in [3.8, 4) is 5.75 Å². The van der Waals surface area contributed by atoms with Crippen molar-refractivity contribution in [1.29, 1.82) is 0 Å². The number of rotatable bonds is 10. The van der Waals surface area contributed by atoms with Gasteiger partial charge in [0.25, 0.3) is 5.91 Å². The molecule has 28 heavy (non-hydrogen) atoms. The lowest BCUT2D eigenvalue weighted by Gasteiger charge is -2.11. The Bertz CT molecular complexity index is 791. The zero-order valence-electron chi connectivity index (χ0n) is 16.4. The first-order valence-corrected chi connectivity index (χ1v) is 10.0. The van der Waals surface area contributed by atoms with Crippen LogP contribution in [-0.4, -0.2) is 18.4 Å². The van der Waals surface area contributed by atoms with Gasteiger partial charge in [-0.15, -0.1) is 0 Å². The molecule has 0 saturated heterocycles. The molecule has 0 saturated carbocycles. The van der Waals surface area contributed by atoms with Crippen LogP contribution in [0.2, 0.25) is 5.02 Å². The van der Waals surface area contributed by atoms with E-state index in [0.29, 0.717) is 35.0 Å². The second-order valence-electron chi connectivity index (χ2n) is 6.53. The molecule has 0 radical (unpaired) electrons. The molecule has 2 aromatic carbocycles. The van der Waals surface area contributed by atoms with E-state index in [4.69, 9.17) is 16.3 Å². The quantitative estimate of drug-likeness (QED) is 0.486. The Hall–Kier alpha value is -2.53. The van der Waals surface area contributed by atoms with Crippen LogP contribution in [0.25, 0.3) is 0 Å². The summed E-state index contributed by atoms with van der Waals surface area (Å²) in [5.74, 6) is 0.388. The molecule has 0 fully saturated rings. The van der Waals surface area contributed by atoms with Crippen LogP contribution in [0.3, 0.4) is 0 Å². The van der Waals surface area contributed by atoms with Crippen LogP contribution in [0, 0.1) is 0 Å². The number of unbranched alkanes of at least 4 members (excludes halogenated alkanes) is 2. The van der Waals surface area contributed by atoms with Gasteiger partial charge in [0.05, 0.1) is 17.3 Å². The van der Waals surface area contributed by atoms with Gasteiger partial charge in [-0.3, -0.25) is 9.59 Å². The highest BCUT2D eigenvalue weighted by Crippen LogP contribution is 2.26. The predicted molar refractivity (Wildman–Crippen MR) is 114 cm³/mol. The number of hydrogen-bond donors (Lipinski definition) is 2. The van der Waals surface area contributed by atoms with E-state index in [1.54, 1.807) is 42.5 Å². The molecule has 0 aliphatic carbocycles. The number of carbonyl (C=O) groups is 2. The smallest absolute Gasteiger partial charge is 0.255 e. The Morgan fingerprint density at radius 1 is 0.964 bits per heavy atom. The van der Waals surface area contributed by atoms with Gasteiger partial charge < -0.3 is 15.4 Å². The Labute approximate surface area is 171 Å². The summed E-state index contributed by atoms with van der Waals surface area (Å²) in [5, 5.41) is 5.98. The number of ether oxygens (including phenoxy) is 1. The first kappa shape index (κ1) is 21.8. The summed E-state index contributed by atoms with van der Waals surface area (Å²) >= 11 is 6.19. The first-order valence-electron chi connectivity index (χ1n) is 9.67. The van der Waals surface area contributed by atoms with Crippen LogP contribution in [0.4, 0.5) is 11.4 Å².